The average molecular weight is 2110 g/mol. The van der Waals surface area contributed by atoms with Gasteiger partial charge in [0.1, 0.15) is 96.4 Å². The van der Waals surface area contributed by atoms with Gasteiger partial charge in [0.15, 0.2) is 5.96 Å². The number of phenols is 1. The molecule has 4 rings (SSSR count). The van der Waals surface area contributed by atoms with Gasteiger partial charge in [-0.25, -0.2) is 4.98 Å². The molecule has 830 valence electrons. The lowest BCUT2D eigenvalue weighted by atomic mass is 10.0. The molecule has 0 bridgehead atoms. The van der Waals surface area contributed by atoms with E-state index in [9.17, 15) is 81.5 Å². The Morgan fingerprint density at radius 1 is 0.476 bits per heavy atom. The van der Waals surface area contributed by atoms with Crippen LogP contribution in [0.2, 0.25) is 0 Å². The van der Waals surface area contributed by atoms with Crippen LogP contribution in [0.4, 0.5) is 0 Å². The fourth-order valence-corrected chi connectivity index (χ4v) is 7.89. The van der Waals surface area contributed by atoms with Crippen LogP contribution in [0, 0.1) is 17.8 Å². The molecule has 1 aliphatic heterocycles. The number of carbonyl (C=O) groups is 17. The number of carboxylic acid groups (broad SMARTS) is 16. The summed E-state index contributed by atoms with van der Waals surface area (Å²) in [6.45, 7) is 15.1. The molecule has 59 N–H and O–H groups in total. The summed E-state index contributed by atoms with van der Waals surface area (Å²) in [4.78, 5) is 180. The van der Waals surface area contributed by atoms with Crippen LogP contribution in [0.1, 0.15) is 143 Å². The number of amides is 1. The van der Waals surface area contributed by atoms with Crippen molar-refractivity contribution in [2.45, 2.75) is 242 Å². The van der Waals surface area contributed by atoms with Gasteiger partial charge in [-0.2, -0.15) is 24.4 Å². The topological polar surface area (TPSA) is 1220 Å². The predicted molar refractivity (Wildman–Crippen MR) is 530 cm³/mol. The number of thioether (sulfide) groups is 1. The molecule has 2 aromatic carbocycles. The molecule has 17 atom stereocenters. The molecule has 1 saturated heterocycles. The number of H-pyrrole nitrogens is 1. The summed E-state index contributed by atoms with van der Waals surface area (Å²) < 4.78 is 0. The molecule has 2 heterocycles. The number of rotatable bonds is 43. The molecule has 61 heteroatoms. The molecule has 143 heavy (non-hydrogen) atoms. The molecule has 0 unspecified atom stereocenters. The van der Waals surface area contributed by atoms with E-state index in [1.807, 2.05) is 64.3 Å². The van der Waals surface area contributed by atoms with Gasteiger partial charge in [0.2, 0.25) is 5.91 Å². The maximum absolute atomic E-state index is 10.4. The number of benzene rings is 2. The van der Waals surface area contributed by atoms with E-state index < -0.39 is 199 Å². The molecule has 1 aromatic heterocycles. The van der Waals surface area contributed by atoms with E-state index in [0.29, 0.717) is 57.5 Å². The highest BCUT2D eigenvalue weighted by Crippen LogP contribution is 2.12. The highest BCUT2D eigenvalue weighted by molar-refractivity contribution is 7.98. The Hall–Kier alpha value is -12.4. The lowest BCUT2D eigenvalue weighted by Gasteiger charge is -2.11. The Morgan fingerprint density at radius 3 is 1.07 bits per heavy atom. The number of primary amides is 1. The number of aromatic amines is 1. The number of aliphatic carboxylic acids is 16. The van der Waals surface area contributed by atoms with Crippen molar-refractivity contribution in [3.05, 3.63) is 83.9 Å². The molecule has 1 aliphatic rings. The smallest absolute Gasteiger partial charge is 0.323 e. The Kier molecular flexibility index (Phi) is 107. The first kappa shape index (κ1) is 156. The van der Waals surface area contributed by atoms with Crippen molar-refractivity contribution in [2.75, 3.05) is 50.5 Å². The lowest BCUT2D eigenvalue weighted by Crippen LogP contribution is -2.39. The highest BCUT2D eigenvalue weighted by atomic mass is 32.2. The van der Waals surface area contributed by atoms with Crippen LogP contribution < -0.4 is 114 Å². The van der Waals surface area contributed by atoms with Gasteiger partial charge >= 0.3 is 95.5 Å². The number of carboxylic acids is 16. The van der Waals surface area contributed by atoms with Gasteiger partial charge < -0.3 is 216 Å². The van der Waals surface area contributed by atoms with E-state index in [2.05, 4.69) is 44.4 Å². The Labute approximate surface area is 836 Å². The predicted octanol–water partition coefficient (Wildman–Crippen LogP) is -7.53. The zero-order chi connectivity index (χ0) is 115. The molecule has 0 spiro atoms. The number of thiol groups is 1. The van der Waals surface area contributed by atoms with Gasteiger partial charge in [-0.3, -0.25) is 86.5 Å². The van der Waals surface area contributed by atoms with Crippen LogP contribution in [0.15, 0.2) is 72.1 Å². The molecule has 59 nitrogen and oxygen atoms in total. The molecule has 1 fully saturated rings. The van der Waals surface area contributed by atoms with Crippen molar-refractivity contribution in [3.63, 3.8) is 0 Å². The first-order valence-electron chi connectivity index (χ1n) is 42.6. The second kappa shape index (κ2) is 98.4. The number of hydrogen-bond donors (Lipinski definition) is 41. The average Bonchev–Trinajstić information content (AvgIpc) is 1.83. The largest absolute Gasteiger partial charge is 0.508 e. The Morgan fingerprint density at radius 2 is 0.853 bits per heavy atom. The van der Waals surface area contributed by atoms with Crippen molar-refractivity contribution in [1.29, 1.82) is 0 Å². The SMILES string of the molecule is CC(C)C[C@H](N)C(=O)O.CC(C)[C@H](N)C(=O)O.CC[C@H](C)[C@H](N)C(=O)O.CSCC[C@H](N)C(=O)O.C[C@@H](O)[C@H](N)C(=O)O.C[C@H](N)C(=O)O.NC(=O)C[C@H](N)C(=O)O.NC(N)=NCCC[C@H](N)C(=O)O.NCC(=O)O.NCCCC[C@H](N)C(=O)O.N[C@@H](CO)C(=O)O.N[C@@H](CS)C(=O)O.N[C@@H](Cc1ccc(O)cc1)C(=O)O.N[C@@H](Cc1ccccc1)C(=O)O.N[C@@H](Cc1cnc[nH]1)C(=O)O.O=C(O)[C@@H]1CCCN1. The quantitative estimate of drug-likeness (QED) is 0.0108. The fourth-order valence-electron chi connectivity index (χ4n) is 7.25. The lowest BCUT2D eigenvalue weighted by molar-refractivity contribution is -0.141. The van der Waals surface area contributed by atoms with Crippen molar-refractivity contribution < 1.29 is 179 Å². The van der Waals surface area contributed by atoms with E-state index in [1.165, 1.54) is 32.3 Å². The van der Waals surface area contributed by atoms with E-state index in [-0.39, 0.29) is 61.1 Å². The third-order valence-electron chi connectivity index (χ3n) is 16.2. The maximum Gasteiger partial charge on any atom is 0.323 e. The second-order valence-electron chi connectivity index (χ2n) is 30.1. The summed E-state index contributed by atoms with van der Waals surface area (Å²) in [6, 6.07) is 3.53. The Balaban J connectivity index is -0.000000129. The van der Waals surface area contributed by atoms with Crippen LogP contribution in [0.25, 0.3) is 0 Å². The monoisotopic (exact) mass is 2110 g/mol. The molecular formula is C82H159N23O36S2. The van der Waals surface area contributed by atoms with E-state index in [1.54, 1.807) is 43.9 Å². The van der Waals surface area contributed by atoms with Crippen LogP contribution in [-0.4, -0.2) is 362 Å². The minimum atomic E-state index is -1.21. The van der Waals surface area contributed by atoms with Crippen LogP contribution >= 0.6 is 24.4 Å². The Bertz CT molecular complexity index is 3890. The summed E-state index contributed by atoms with van der Waals surface area (Å²) in [5.41, 5.74) is 98.6. The standard InChI is InChI=1S/C9H11NO3.C9H11NO2.C6H14N4O2.C6H9N3O2.C6H14N2O2.2C6H13NO2.C5H11NO2S.C5H9NO2.C5H11NO2.C4H8N2O3.C4H9NO3.C3H7NO3.C3H7NO2S.C3H7NO2.C2H5NO2/c10-8(9(12)13)5-6-1-3-7(11)4-2-6;10-8(9(11)12)6-7-4-2-1-3-5-7;7-4(5(11)12)2-1-3-10-6(8)9;7-5(6(10)11)1-4-2-8-3-9-4;7-4-2-1-3-5(8)6(9)10;1-4(2)3-5(7)6(8)9;1-3-4(2)5(7)6(8)9;1-9-3-2-4(6)5(7)8;7-5(8)4-2-1-3-6-4;1-3(2)4(6)5(7)8;5-2(4(8)9)1-3(6)7;1-2(6)3(5)4(7)8;4-2(1-5)3(6)7;4-2(1-7)3(5)6;1-2(4)3(5)6;3-1-2(4)5/h1-4,8,11H,5,10H2,(H,12,13);1-5,8H,6,10H2,(H,11,12);4H,1-3,7H2,(H,11,12)(H4,8,9,10);2-3,5H,1,7H2,(H,8,9)(H,10,11);5H,1-4,7-8H2,(H,9,10);2*4-5H,3,7H2,1-2H3,(H,8,9);4H,2-3,6H2,1H3,(H,7,8);4,6H,1-3H2,(H,7,8);3-4H,6H2,1-2H3,(H,7,8);2H,1,5H2,(H2,6,7)(H,8,9);2-3,6H,5H2,1H3,(H,7,8);2,5H,1,4H2,(H,6,7);2,7H,1,4H2,(H,5,6);2H,4H2,1H3,(H,5,6);1,3H2,(H,4,5)/t2*8-;4-;3*5-;4-,5-;3*4-;2-;2-,3+;3*2-;/m000000000001000./s1. The van der Waals surface area contributed by atoms with Gasteiger partial charge in [-0.1, -0.05) is 96.8 Å². The summed E-state index contributed by atoms with van der Waals surface area (Å²) >= 11 is 5.25. The van der Waals surface area contributed by atoms with Gasteiger partial charge in [0.25, 0.3) is 0 Å². The number of imidazole rings is 1. The van der Waals surface area contributed by atoms with Crippen molar-refractivity contribution in [2.24, 2.45) is 132 Å². The molecule has 3 aromatic rings. The van der Waals surface area contributed by atoms with Gasteiger partial charge in [-0.15, -0.1) is 0 Å². The molecule has 0 radical (unpaired) electrons. The number of phenolic OH excluding ortho intramolecular Hbond substituents is 1. The van der Waals surface area contributed by atoms with Gasteiger partial charge in [0, 0.05) is 30.6 Å². The zero-order valence-corrected chi connectivity index (χ0v) is 83.0. The minimum Gasteiger partial charge on any atom is -0.508 e. The number of nitrogens with zero attached hydrogens (tertiary/aromatic N) is 2. The van der Waals surface area contributed by atoms with E-state index >= 15 is 0 Å². The normalized spacial score (nSPS) is 14.1. The molecular weight excluding hydrogens is 1950 g/mol. The molecule has 0 aliphatic carbocycles. The molecule has 1 amide bonds. The van der Waals surface area contributed by atoms with E-state index in [4.69, 9.17) is 194 Å². The van der Waals surface area contributed by atoms with E-state index in [0.717, 1.165) is 61.2 Å². The minimum absolute atomic E-state index is 0.0129. The first-order valence-corrected chi connectivity index (χ1v) is 44.6. The number of guanidine groups is 1. The third-order valence-corrected chi connectivity index (χ3v) is 17.3. The number of carbonyl (C=O) groups excluding carboxylic acids is 1. The highest BCUT2D eigenvalue weighted by Gasteiger charge is 2.23. The third kappa shape index (κ3) is 115. The van der Waals surface area contributed by atoms with Gasteiger partial charge in [-0.05, 0) is 144 Å². The number of aromatic hydroxyl groups is 1. The first-order chi connectivity index (χ1) is 65.7. The van der Waals surface area contributed by atoms with Gasteiger partial charge in [0.05, 0.1) is 32.0 Å². The number of aromatic nitrogens is 2. The fraction of sp³-hybridized carbons (Fsp3) is 0.598. The van der Waals surface area contributed by atoms with Crippen LogP contribution in [0.3, 0.4) is 0 Å². The maximum atomic E-state index is 10.4. The number of unbranched alkanes of at least 4 members (excludes halogenated alkanes) is 1. The zero-order valence-electron chi connectivity index (χ0n) is 81.3. The van der Waals surface area contributed by atoms with Crippen molar-refractivity contribution in [3.8, 4) is 5.75 Å². The summed E-state index contributed by atoms with van der Waals surface area (Å²) in [5.74, 6) is -14.9. The molecule has 0 saturated carbocycles. The second-order valence-corrected chi connectivity index (χ2v) is 31.5. The van der Waals surface area contributed by atoms with Crippen LogP contribution in [0.5, 0.6) is 5.75 Å². The van der Waals surface area contributed by atoms with Crippen molar-refractivity contribution in [1.82, 2.24) is 15.3 Å². The summed E-state index contributed by atoms with van der Waals surface area (Å²) in [5, 5.41) is 160. The number of aliphatic hydroxyl groups excluding tert-OH is 2. The summed E-state index contributed by atoms with van der Waals surface area (Å²) in [7, 11) is 0. The van der Waals surface area contributed by atoms with Crippen LogP contribution in [-0.2, 0) is 101 Å². The number of aliphatic hydroxyl groups is 2. The number of nitrogens with one attached hydrogen (secondary N) is 2. The summed E-state index contributed by atoms with van der Waals surface area (Å²) in [6.07, 6.45) is 11.4. The van der Waals surface area contributed by atoms with Crippen molar-refractivity contribution >= 4 is 132 Å². The number of hydrogen-bond acceptors (Lipinski definition) is 41. The number of aliphatic imine (C=N–C) groups is 1. The number of nitrogens with two attached hydrogens (primary N) is 19.